The number of aromatic nitrogens is 1. The Morgan fingerprint density at radius 1 is 1.00 bits per heavy atom. The zero-order valence-electron chi connectivity index (χ0n) is 18.8. The van der Waals surface area contributed by atoms with Crippen molar-refractivity contribution in [2.75, 3.05) is 41.3 Å². The molecule has 1 amide bonds. The van der Waals surface area contributed by atoms with Crippen LogP contribution in [0.2, 0.25) is 0 Å². The van der Waals surface area contributed by atoms with Crippen LogP contribution in [0.25, 0.3) is 0 Å². The Hall–Kier alpha value is -2.73. The number of nitriles is 1. The predicted octanol–water partition coefficient (Wildman–Crippen LogP) is 5.58. The second kappa shape index (κ2) is 8.81. The normalized spacial score (nSPS) is 20.6. The van der Waals surface area contributed by atoms with E-state index in [1.54, 1.807) is 23.1 Å². The molecule has 2 aromatic rings. The van der Waals surface area contributed by atoms with E-state index in [1.807, 2.05) is 12.1 Å². The monoisotopic (exact) mass is 529 g/mol. The number of alkyl halides is 2. The minimum atomic E-state index is -2.69. The molecular weight excluding hydrogens is 504 g/mol. The Morgan fingerprint density at radius 3 is 2.32 bits per heavy atom. The number of hydrogen-bond donors (Lipinski definition) is 1. The molecule has 178 valence electrons. The van der Waals surface area contributed by atoms with Crippen molar-refractivity contribution in [2.24, 2.45) is 5.41 Å². The molecule has 1 aromatic heterocycles. The summed E-state index contributed by atoms with van der Waals surface area (Å²) in [5, 5.41) is 12.3. The lowest BCUT2D eigenvalue weighted by atomic mass is 9.93. The summed E-state index contributed by atoms with van der Waals surface area (Å²) in [7, 11) is 0. The van der Waals surface area contributed by atoms with Crippen molar-refractivity contribution in [3.63, 3.8) is 0 Å². The Balaban J connectivity index is 1.36. The summed E-state index contributed by atoms with van der Waals surface area (Å²) in [6.07, 6.45) is 4.36. The Kier molecular flexibility index (Phi) is 5.96. The summed E-state index contributed by atoms with van der Waals surface area (Å²) in [6, 6.07) is 10.9. The van der Waals surface area contributed by atoms with E-state index in [-0.39, 0.29) is 31.8 Å². The van der Waals surface area contributed by atoms with Crippen LogP contribution in [0.5, 0.6) is 0 Å². The summed E-state index contributed by atoms with van der Waals surface area (Å²) in [6.45, 7) is 2.07. The average molecular weight is 530 g/mol. The highest BCUT2D eigenvalue weighted by atomic mass is 79.9. The highest BCUT2D eigenvalue weighted by Gasteiger charge is 2.44. The first-order valence-corrected chi connectivity index (χ1v) is 12.5. The largest absolute Gasteiger partial charge is 0.371 e. The van der Waals surface area contributed by atoms with Crippen LogP contribution >= 0.6 is 15.9 Å². The van der Waals surface area contributed by atoms with Crippen LogP contribution in [0.3, 0.4) is 0 Å². The average Bonchev–Trinajstić information content (AvgIpc) is 3.58. The molecule has 0 unspecified atom stereocenters. The van der Waals surface area contributed by atoms with Gasteiger partial charge in [0.1, 0.15) is 17.7 Å². The number of benzene rings is 1. The smallest absolute Gasteiger partial charge is 0.258 e. The first kappa shape index (κ1) is 23.0. The summed E-state index contributed by atoms with van der Waals surface area (Å²) in [5.41, 5.74) is 2.27. The highest BCUT2D eigenvalue weighted by molar-refractivity contribution is 9.10. The molecule has 3 aliphatic rings. The molecule has 3 fully saturated rings. The van der Waals surface area contributed by atoms with Crippen LogP contribution < -0.4 is 15.1 Å². The van der Waals surface area contributed by atoms with Gasteiger partial charge in [0.2, 0.25) is 0 Å². The topological polar surface area (TPSA) is 72.3 Å². The van der Waals surface area contributed by atoms with E-state index in [1.165, 1.54) is 12.8 Å². The molecule has 34 heavy (non-hydrogen) atoms. The van der Waals surface area contributed by atoms with Gasteiger partial charge in [-0.15, -0.1) is 0 Å². The van der Waals surface area contributed by atoms with Crippen molar-refractivity contribution in [3.8, 4) is 6.07 Å². The van der Waals surface area contributed by atoms with Gasteiger partial charge in [-0.1, -0.05) is 15.9 Å². The van der Waals surface area contributed by atoms with Gasteiger partial charge in [0.05, 0.1) is 16.8 Å². The van der Waals surface area contributed by atoms with Gasteiger partial charge in [-0.25, -0.2) is 13.8 Å². The zero-order valence-corrected chi connectivity index (χ0v) is 20.4. The van der Waals surface area contributed by atoms with Gasteiger partial charge in [0.15, 0.2) is 0 Å². The third-order valence-electron chi connectivity index (χ3n) is 7.36. The van der Waals surface area contributed by atoms with Gasteiger partial charge in [-0.2, -0.15) is 5.26 Å². The summed E-state index contributed by atoms with van der Waals surface area (Å²) in [5.74, 6) is -2.36. The lowest BCUT2D eigenvalue weighted by Crippen LogP contribution is -2.40. The predicted molar refractivity (Wildman–Crippen MR) is 131 cm³/mol. The molecule has 3 heterocycles. The maximum absolute atomic E-state index is 13.6. The van der Waals surface area contributed by atoms with Gasteiger partial charge in [-0.05, 0) is 61.4 Å². The summed E-state index contributed by atoms with van der Waals surface area (Å²) < 4.78 is 28.1. The van der Waals surface area contributed by atoms with E-state index >= 15 is 0 Å². The van der Waals surface area contributed by atoms with E-state index in [2.05, 4.69) is 37.2 Å². The number of rotatable bonds is 4. The van der Waals surface area contributed by atoms with Crippen molar-refractivity contribution >= 4 is 39.2 Å². The second-order valence-electron chi connectivity index (χ2n) is 9.63. The highest BCUT2D eigenvalue weighted by Crippen LogP contribution is 2.54. The lowest BCUT2D eigenvalue weighted by molar-refractivity contribution is -0.0221. The number of carbonyl (C=O) groups excluding carboxylic acids is 1. The standard InChI is InChI=1S/C25H26BrF2N5O/c26-18-2-3-19(20(15-18)32-11-7-24(5-6-24)8-12-32)23(34)31-21-4-1-17(16-29)22(30-21)33-13-9-25(27,28)10-14-33/h1-4,15H,5-14H2,(H,30,31,34). The summed E-state index contributed by atoms with van der Waals surface area (Å²) >= 11 is 3.53. The molecule has 2 saturated heterocycles. The fourth-order valence-electron chi connectivity index (χ4n) is 4.93. The van der Waals surface area contributed by atoms with Gasteiger partial charge >= 0.3 is 0 Å². The number of pyridine rings is 1. The van der Waals surface area contributed by atoms with Crippen molar-refractivity contribution in [1.82, 2.24) is 4.98 Å². The molecular formula is C25H26BrF2N5O. The molecule has 0 atom stereocenters. The first-order chi connectivity index (χ1) is 16.3. The SMILES string of the molecule is N#Cc1ccc(NC(=O)c2ccc(Br)cc2N2CCC3(CC2)CC3)nc1N1CCC(F)(F)CC1. The van der Waals surface area contributed by atoms with Crippen molar-refractivity contribution in [3.05, 3.63) is 45.9 Å². The number of nitrogens with zero attached hydrogens (tertiary/aromatic N) is 4. The van der Waals surface area contributed by atoms with Gasteiger partial charge in [-0.3, -0.25) is 4.79 Å². The Morgan fingerprint density at radius 2 is 1.68 bits per heavy atom. The first-order valence-electron chi connectivity index (χ1n) is 11.7. The minimum absolute atomic E-state index is 0.111. The van der Waals surface area contributed by atoms with Crippen LogP contribution in [0, 0.1) is 16.7 Å². The van der Waals surface area contributed by atoms with E-state index < -0.39 is 5.92 Å². The third-order valence-corrected chi connectivity index (χ3v) is 7.85. The number of nitrogens with one attached hydrogen (secondary N) is 1. The number of hydrogen-bond acceptors (Lipinski definition) is 5. The van der Waals surface area contributed by atoms with Gasteiger partial charge in [0.25, 0.3) is 11.8 Å². The molecule has 1 N–H and O–H groups in total. The number of halogens is 3. The third kappa shape index (κ3) is 4.74. The van der Waals surface area contributed by atoms with Crippen LogP contribution in [0.1, 0.15) is 54.4 Å². The number of anilines is 3. The Labute approximate surface area is 206 Å². The number of carbonyl (C=O) groups is 1. The molecule has 0 bridgehead atoms. The molecule has 1 aromatic carbocycles. The fraction of sp³-hybridized carbons (Fsp3) is 0.480. The molecule has 1 saturated carbocycles. The van der Waals surface area contributed by atoms with E-state index in [0.717, 1.165) is 36.1 Å². The maximum Gasteiger partial charge on any atom is 0.258 e. The zero-order chi connectivity index (χ0) is 23.9. The maximum atomic E-state index is 13.6. The molecule has 6 nitrogen and oxygen atoms in total. The molecule has 5 rings (SSSR count). The summed E-state index contributed by atoms with van der Waals surface area (Å²) in [4.78, 5) is 21.7. The van der Waals surface area contributed by atoms with Crippen LogP contribution in [-0.2, 0) is 0 Å². The number of amides is 1. The van der Waals surface area contributed by atoms with E-state index in [9.17, 15) is 18.8 Å². The van der Waals surface area contributed by atoms with E-state index in [4.69, 9.17) is 0 Å². The molecule has 0 radical (unpaired) electrons. The second-order valence-corrected chi connectivity index (χ2v) is 10.5. The van der Waals surface area contributed by atoms with Gasteiger partial charge in [0, 0.05) is 43.5 Å². The van der Waals surface area contributed by atoms with E-state index in [0.29, 0.717) is 28.2 Å². The molecule has 9 heteroatoms. The lowest BCUT2D eigenvalue weighted by Gasteiger charge is -2.35. The van der Waals surface area contributed by atoms with Crippen LogP contribution in [-0.4, -0.2) is 43.0 Å². The quantitative estimate of drug-likeness (QED) is 0.559. The van der Waals surface area contributed by atoms with Gasteiger partial charge < -0.3 is 15.1 Å². The molecule has 2 aliphatic heterocycles. The van der Waals surface area contributed by atoms with Crippen LogP contribution in [0.4, 0.5) is 26.1 Å². The number of piperidine rings is 2. The van der Waals surface area contributed by atoms with Crippen molar-refractivity contribution < 1.29 is 13.6 Å². The molecule has 1 aliphatic carbocycles. The van der Waals surface area contributed by atoms with Crippen LogP contribution in [0.15, 0.2) is 34.8 Å². The van der Waals surface area contributed by atoms with Crippen molar-refractivity contribution in [2.45, 2.75) is 44.4 Å². The van der Waals surface area contributed by atoms with Crippen molar-refractivity contribution in [1.29, 1.82) is 5.26 Å². The fourth-order valence-corrected chi connectivity index (χ4v) is 5.28. The molecule has 1 spiro atoms. The Bertz CT molecular complexity index is 1140. The minimum Gasteiger partial charge on any atom is -0.371 e.